The van der Waals surface area contributed by atoms with E-state index < -0.39 is 35.5 Å². The molecule has 5 aromatic rings. The van der Waals surface area contributed by atoms with E-state index in [4.69, 9.17) is 27.9 Å². The molecule has 5 aromatic carbocycles. The van der Waals surface area contributed by atoms with Crippen LogP contribution in [0.1, 0.15) is 43.0 Å². The Balaban J connectivity index is 0.000000192. The first kappa shape index (κ1) is 37.2. The second kappa shape index (κ2) is 16.4. The number of hydrogen-bond acceptors (Lipinski definition) is 5. The Morgan fingerprint density at radius 1 is 0.698 bits per heavy atom. The third kappa shape index (κ3) is 8.73. The van der Waals surface area contributed by atoms with Gasteiger partial charge in [0.2, 0.25) is 5.91 Å². The highest BCUT2D eigenvalue weighted by Crippen LogP contribution is 2.29. The number of ether oxygens (including phenoxy) is 1. The van der Waals surface area contributed by atoms with Crippen molar-refractivity contribution in [3.05, 3.63) is 164 Å². The van der Waals surface area contributed by atoms with E-state index in [1.807, 2.05) is 36.4 Å². The Morgan fingerprint density at radius 2 is 1.25 bits per heavy atom. The number of nitrogens with one attached hydrogen (secondary N) is 2. The van der Waals surface area contributed by atoms with Crippen molar-refractivity contribution in [2.45, 2.75) is 37.9 Å². The van der Waals surface area contributed by atoms with Gasteiger partial charge in [-0.05, 0) is 76.9 Å². The summed E-state index contributed by atoms with van der Waals surface area (Å²) in [5.74, 6) is -1.69. The predicted octanol–water partition coefficient (Wildman–Crippen LogP) is 7.32. The first-order valence-corrected chi connectivity index (χ1v) is 17.4. The summed E-state index contributed by atoms with van der Waals surface area (Å²) in [6.45, 7) is 0.218. The number of fused-ring (bicyclic) bond motifs is 2. The van der Waals surface area contributed by atoms with E-state index in [0.717, 1.165) is 28.8 Å². The number of anilines is 1. The minimum Gasteiger partial charge on any atom is -0.497 e. The molecule has 2 aliphatic heterocycles. The Morgan fingerprint density at radius 3 is 1.87 bits per heavy atom. The molecule has 0 spiro atoms. The van der Waals surface area contributed by atoms with Crippen molar-refractivity contribution < 1.29 is 32.7 Å². The average molecular weight is 757 g/mol. The maximum Gasteiger partial charge on any atom is 0.254 e. The molecular weight excluding hydrogens is 723 g/mol. The molecule has 8 nitrogen and oxygen atoms in total. The SMILES string of the molecule is COc1ccc(CN2C(=O)C(Cc3ccccc3Cl)NC(=O)c3cc(F)ccc32)cc1.O=C1NC(Cc2ccccc2Cl)C(=O)Cc2ccc(F)cc21. The number of hydrogen-bond donors (Lipinski definition) is 2. The zero-order valence-corrected chi connectivity index (χ0v) is 29.9. The van der Waals surface area contributed by atoms with Gasteiger partial charge in [0.25, 0.3) is 11.8 Å². The number of amides is 3. The average Bonchev–Trinajstić information content (AvgIpc) is 3.32. The second-order valence-corrected chi connectivity index (χ2v) is 13.3. The fourth-order valence-electron chi connectivity index (χ4n) is 6.22. The molecule has 53 heavy (non-hydrogen) atoms. The Bertz CT molecular complexity index is 2200. The van der Waals surface area contributed by atoms with Crippen molar-refractivity contribution in [2.24, 2.45) is 0 Å². The van der Waals surface area contributed by atoms with Gasteiger partial charge in [-0.2, -0.15) is 0 Å². The maximum absolute atomic E-state index is 13.9. The molecule has 270 valence electrons. The lowest BCUT2D eigenvalue weighted by molar-refractivity contribution is -0.121. The van der Waals surface area contributed by atoms with Crippen molar-refractivity contribution in [3.63, 3.8) is 0 Å². The highest BCUT2D eigenvalue weighted by atomic mass is 35.5. The Labute approximate surface area is 314 Å². The number of nitrogens with zero attached hydrogens (tertiary/aromatic N) is 1. The molecule has 2 aliphatic rings. The largest absolute Gasteiger partial charge is 0.497 e. The van der Waals surface area contributed by atoms with Gasteiger partial charge in [-0.25, -0.2) is 8.78 Å². The molecule has 0 radical (unpaired) electrons. The first-order valence-electron chi connectivity index (χ1n) is 16.6. The fraction of sp³-hybridized carbons (Fsp3) is 0.171. The number of carbonyl (C=O) groups is 4. The molecule has 2 heterocycles. The van der Waals surface area contributed by atoms with E-state index >= 15 is 0 Å². The Hall–Kier alpha value is -5.58. The minimum absolute atomic E-state index is 0.101. The number of benzene rings is 5. The van der Waals surface area contributed by atoms with E-state index in [0.29, 0.717) is 33.5 Å². The van der Waals surface area contributed by atoms with Gasteiger partial charge in [-0.1, -0.05) is 77.8 Å². The fourth-order valence-corrected chi connectivity index (χ4v) is 6.64. The van der Waals surface area contributed by atoms with Crippen LogP contribution in [-0.4, -0.2) is 42.7 Å². The summed E-state index contributed by atoms with van der Waals surface area (Å²) in [7, 11) is 1.58. The van der Waals surface area contributed by atoms with Crippen LogP contribution in [0.4, 0.5) is 14.5 Å². The molecule has 2 N–H and O–H groups in total. The normalized spacial score (nSPS) is 16.6. The van der Waals surface area contributed by atoms with Gasteiger partial charge in [0.15, 0.2) is 5.78 Å². The summed E-state index contributed by atoms with van der Waals surface area (Å²) in [5, 5.41) is 6.49. The molecule has 2 unspecified atom stereocenters. The summed E-state index contributed by atoms with van der Waals surface area (Å²) >= 11 is 12.4. The van der Waals surface area contributed by atoms with E-state index in [2.05, 4.69) is 10.6 Å². The number of carbonyl (C=O) groups excluding carboxylic acids is 4. The van der Waals surface area contributed by atoms with E-state index in [9.17, 15) is 28.0 Å². The third-order valence-corrected chi connectivity index (χ3v) is 9.74. The molecule has 0 aromatic heterocycles. The molecule has 2 atom stereocenters. The van der Waals surface area contributed by atoms with Crippen LogP contribution in [-0.2, 0) is 35.4 Å². The van der Waals surface area contributed by atoms with Crippen molar-refractivity contribution in [1.82, 2.24) is 10.6 Å². The lowest BCUT2D eigenvalue weighted by atomic mass is 9.98. The second-order valence-electron chi connectivity index (χ2n) is 12.5. The molecule has 0 saturated carbocycles. The van der Waals surface area contributed by atoms with Crippen LogP contribution in [0.3, 0.4) is 0 Å². The zero-order valence-electron chi connectivity index (χ0n) is 28.4. The third-order valence-electron chi connectivity index (χ3n) is 9.00. The smallest absolute Gasteiger partial charge is 0.254 e. The minimum atomic E-state index is -0.846. The van der Waals surface area contributed by atoms with Crippen LogP contribution in [0.15, 0.2) is 109 Å². The summed E-state index contributed by atoms with van der Waals surface area (Å²) in [6.07, 6.45) is 0.643. The van der Waals surface area contributed by atoms with Crippen LogP contribution in [0.25, 0.3) is 0 Å². The van der Waals surface area contributed by atoms with Gasteiger partial charge in [0.05, 0.1) is 30.9 Å². The number of halogens is 4. The number of ketones is 1. The highest BCUT2D eigenvalue weighted by molar-refractivity contribution is 6.31. The first-order chi connectivity index (χ1) is 25.5. The number of rotatable bonds is 7. The van der Waals surface area contributed by atoms with Crippen molar-refractivity contribution >= 4 is 52.4 Å². The molecule has 3 amide bonds. The number of Topliss-reactive ketones (excluding diaryl/α,β-unsaturated/α-hetero) is 1. The van der Waals surface area contributed by atoms with E-state index in [1.54, 1.807) is 43.5 Å². The lowest BCUT2D eigenvalue weighted by Crippen LogP contribution is -2.47. The van der Waals surface area contributed by atoms with Gasteiger partial charge in [-0.3, -0.25) is 19.2 Å². The molecule has 0 bridgehead atoms. The van der Waals surface area contributed by atoms with Crippen molar-refractivity contribution in [3.8, 4) is 5.75 Å². The molecule has 12 heteroatoms. The topological polar surface area (TPSA) is 105 Å². The summed E-state index contributed by atoms with van der Waals surface area (Å²) in [4.78, 5) is 52.5. The predicted molar refractivity (Wildman–Crippen MR) is 199 cm³/mol. The van der Waals surface area contributed by atoms with Crippen LogP contribution < -0.4 is 20.3 Å². The zero-order chi connectivity index (χ0) is 37.6. The van der Waals surface area contributed by atoms with Gasteiger partial charge in [-0.15, -0.1) is 0 Å². The van der Waals surface area contributed by atoms with Crippen LogP contribution in [0.2, 0.25) is 10.0 Å². The summed E-state index contributed by atoms with van der Waals surface area (Å²) in [5.41, 5.74) is 3.62. The number of methoxy groups -OCH3 is 1. The van der Waals surface area contributed by atoms with Crippen LogP contribution in [0.5, 0.6) is 5.75 Å². The highest BCUT2D eigenvalue weighted by Gasteiger charge is 2.35. The Kier molecular flexibility index (Phi) is 11.5. The van der Waals surface area contributed by atoms with E-state index in [1.165, 1.54) is 29.2 Å². The monoisotopic (exact) mass is 755 g/mol. The van der Waals surface area contributed by atoms with Crippen LogP contribution in [0, 0.1) is 11.6 Å². The van der Waals surface area contributed by atoms with Gasteiger partial charge in [0, 0.05) is 34.9 Å². The van der Waals surface area contributed by atoms with Gasteiger partial charge < -0.3 is 20.3 Å². The van der Waals surface area contributed by atoms with Gasteiger partial charge in [0.1, 0.15) is 23.4 Å². The van der Waals surface area contributed by atoms with Gasteiger partial charge >= 0.3 is 0 Å². The quantitative estimate of drug-likeness (QED) is 0.181. The lowest BCUT2D eigenvalue weighted by Gasteiger charge is -2.26. The molecule has 0 saturated heterocycles. The molecule has 0 aliphatic carbocycles. The van der Waals surface area contributed by atoms with Crippen molar-refractivity contribution in [1.29, 1.82) is 0 Å². The standard InChI is InChI=1S/C24H20ClFN2O3.C17H13ClFNO2/c1-31-18-9-6-15(7-10-18)14-28-22-11-8-17(26)13-19(22)23(29)27-21(24(28)30)12-16-4-2-3-5-20(16)25;18-14-4-2-1-3-11(14)7-15-16(21)8-10-5-6-12(19)9-13(10)17(22)20-15/h2-11,13,21H,12,14H2,1H3,(H,27,29);1-6,9,15H,7-8H2,(H,20,22). The maximum atomic E-state index is 13.9. The molecule has 7 rings (SSSR count). The van der Waals surface area contributed by atoms with E-state index in [-0.39, 0.29) is 42.2 Å². The molecular formula is C41H33Cl2F2N3O5. The summed E-state index contributed by atoms with van der Waals surface area (Å²) in [6, 6.07) is 27.9. The van der Waals surface area contributed by atoms with Crippen molar-refractivity contribution in [2.75, 3.05) is 12.0 Å². The molecule has 0 fully saturated rings. The van der Waals surface area contributed by atoms with Crippen LogP contribution >= 0.6 is 23.2 Å². The summed E-state index contributed by atoms with van der Waals surface area (Å²) < 4.78 is 32.4.